The zero-order chi connectivity index (χ0) is 33.8. The molecular weight excluding hydrogens is 696 g/mol. The van der Waals surface area contributed by atoms with Crippen LogP contribution in [-0.4, -0.2) is 104 Å². The highest BCUT2D eigenvalue weighted by Crippen LogP contribution is 2.38. The quantitative estimate of drug-likeness (QED) is 0.197. The van der Waals surface area contributed by atoms with Gasteiger partial charge in [0.15, 0.2) is 0 Å². The smallest absolute Gasteiger partial charge is 0.229 e. The van der Waals surface area contributed by atoms with Crippen LogP contribution in [0.2, 0.25) is 0 Å². The number of halogens is 1. The second-order valence-electron chi connectivity index (χ2n) is 12.4. The first-order valence-electron chi connectivity index (χ1n) is 16.3. The minimum atomic E-state index is -3.62. The lowest BCUT2D eigenvalue weighted by molar-refractivity contribution is 0.174. The Balaban J connectivity index is 1.22. The van der Waals surface area contributed by atoms with Gasteiger partial charge < -0.3 is 25.2 Å². The summed E-state index contributed by atoms with van der Waals surface area (Å²) in [6.07, 6.45) is 10.2. The van der Waals surface area contributed by atoms with E-state index in [1.54, 1.807) is 31.6 Å². The van der Waals surface area contributed by atoms with Gasteiger partial charge in [-0.3, -0.25) is 19.6 Å². The third-order valence-electron chi connectivity index (χ3n) is 9.03. The summed E-state index contributed by atoms with van der Waals surface area (Å²) >= 11 is 3.53. The van der Waals surface area contributed by atoms with Crippen LogP contribution >= 0.6 is 15.9 Å². The molecule has 0 radical (unpaired) electrons. The standard InChI is InChI=1S/C33H43BrN10O3S/c1-5-22-19-27(29(47-3)20-28(22)44-15-9-23(10-16-44)43-14-6-13-42(2)17-18-43)39-33-37-21-24(34)32(40-33)38-26-8-7-25-30(36-12-11-35-25)31(26)41-48(4,45)46/h7-8,11-12,19-21,23,41H,5-6,9-10,13-18H2,1-4H3,(H2,37,38,39,40). The van der Waals surface area contributed by atoms with Gasteiger partial charge in [-0.25, -0.2) is 13.4 Å². The number of sulfonamides is 1. The minimum absolute atomic E-state index is 0.274. The van der Waals surface area contributed by atoms with Crippen molar-refractivity contribution in [1.29, 1.82) is 0 Å². The van der Waals surface area contributed by atoms with Gasteiger partial charge in [-0.05, 0) is 85.5 Å². The molecule has 0 atom stereocenters. The Morgan fingerprint density at radius 1 is 0.979 bits per heavy atom. The summed E-state index contributed by atoms with van der Waals surface area (Å²) in [6.45, 7) is 8.87. The highest BCUT2D eigenvalue weighted by Gasteiger charge is 2.27. The van der Waals surface area contributed by atoms with Crippen LogP contribution in [0.1, 0.15) is 31.7 Å². The second kappa shape index (κ2) is 14.8. The molecule has 4 heterocycles. The molecule has 0 saturated carbocycles. The number of likely N-dealkylation sites (N-methyl/N-ethyl adjacent to an activating group) is 1. The van der Waals surface area contributed by atoms with E-state index < -0.39 is 10.0 Å². The van der Waals surface area contributed by atoms with Gasteiger partial charge in [0.2, 0.25) is 16.0 Å². The maximum Gasteiger partial charge on any atom is 0.229 e. The molecule has 2 saturated heterocycles. The van der Waals surface area contributed by atoms with Crippen LogP contribution in [0.4, 0.5) is 34.5 Å². The van der Waals surface area contributed by atoms with E-state index in [0.29, 0.717) is 44.8 Å². The van der Waals surface area contributed by atoms with E-state index >= 15 is 0 Å². The molecule has 6 rings (SSSR count). The average molecular weight is 740 g/mol. The van der Waals surface area contributed by atoms with Crippen LogP contribution in [-0.2, 0) is 16.4 Å². The molecule has 48 heavy (non-hydrogen) atoms. The molecule has 2 aliphatic heterocycles. The number of aromatic nitrogens is 4. The third kappa shape index (κ3) is 7.91. The van der Waals surface area contributed by atoms with Crippen molar-refractivity contribution in [2.45, 2.75) is 38.6 Å². The number of hydrogen-bond acceptors (Lipinski definition) is 12. The fraction of sp³-hybridized carbons (Fsp3) is 0.455. The molecule has 0 aliphatic carbocycles. The molecule has 13 nitrogen and oxygen atoms in total. The van der Waals surface area contributed by atoms with Gasteiger partial charge in [-0.1, -0.05) is 6.92 Å². The maximum absolute atomic E-state index is 12.3. The molecule has 0 spiro atoms. The summed E-state index contributed by atoms with van der Waals surface area (Å²) < 4.78 is 33.6. The van der Waals surface area contributed by atoms with Gasteiger partial charge in [0.25, 0.3) is 0 Å². The molecule has 2 aliphatic rings. The number of nitrogens with zero attached hydrogens (tertiary/aromatic N) is 7. The molecule has 0 unspecified atom stereocenters. The van der Waals surface area contributed by atoms with Crippen molar-refractivity contribution in [1.82, 2.24) is 29.7 Å². The first-order chi connectivity index (χ1) is 23.1. The number of nitrogens with one attached hydrogen (secondary N) is 3. The van der Waals surface area contributed by atoms with Crippen LogP contribution in [0.25, 0.3) is 11.0 Å². The fourth-order valence-electron chi connectivity index (χ4n) is 6.55. The molecule has 2 fully saturated rings. The van der Waals surface area contributed by atoms with Crippen molar-refractivity contribution in [2.24, 2.45) is 0 Å². The molecular formula is C33H43BrN10O3S. The van der Waals surface area contributed by atoms with E-state index in [-0.39, 0.29) is 5.69 Å². The first-order valence-corrected chi connectivity index (χ1v) is 19.0. The normalized spacial score (nSPS) is 16.9. The van der Waals surface area contributed by atoms with Crippen LogP contribution in [0.15, 0.2) is 47.3 Å². The summed E-state index contributed by atoms with van der Waals surface area (Å²) in [5.41, 5.74) is 4.88. The number of ether oxygens (including phenoxy) is 1. The largest absolute Gasteiger partial charge is 0.494 e. The van der Waals surface area contributed by atoms with Gasteiger partial charge in [-0.2, -0.15) is 4.98 Å². The summed E-state index contributed by atoms with van der Waals surface area (Å²) in [6, 6.07) is 8.39. The maximum atomic E-state index is 12.3. The number of anilines is 6. The number of hydrogen-bond donors (Lipinski definition) is 3. The monoisotopic (exact) mass is 738 g/mol. The zero-order valence-electron chi connectivity index (χ0n) is 27.8. The topological polar surface area (TPSA) is 141 Å². The third-order valence-corrected chi connectivity index (χ3v) is 10.2. The van der Waals surface area contributed by atoms with Crippen LogP contribution < -0.4 is 25.0 Å². The number of fused-ring (bicyclic) bond motifs is 1. The molecule has 15 heteroatoms. The van der Waals surface area contributed by atoms with Gasteiger partial charge in [0, 0.05) is 62.6 Å². The van der Waals surface area contributed by atoms with Crippen LogP contribution in [0.5, 0.6) is 5.75 Å². The summed E-state index contributed by atoms with van der Waals surface area (Å²) in [5, 5.41) is 6.59. The number of benzene rings is 2. The average Bonchev–Trinajstić information content (AvgIpc) is 3.30. The van der Waals surface area contributed by atoms with Crippen molar-refractivity contribution < 1.29 is 13.2 Å². The van der Waals surface area contributed by atoms with E-state index in [1.165, 1.54) is 37.0 Å². The SMILES string of the molecule is CCc1cc(Nc2ncc(Br)c(Nc3ccc4nccnc4c3NS(C)(=O)=O)n2)c(OC)cc1N1CCC(N2CCCN(C)CC2)CC1. The Kier molecular flexibility index (Phi) is 10.5. The summed E-state index contributed by atoms with van der Waals surface area (Å²) in [4.78, 5) is 25.5. The molecule has 3 N–H and O–H groups in total. The highest BCUT2D eigenvalue weighted by molar-refractivity contribution is 9.10. The Bertz CT molecular complexity index is 1870. The lowest BCUT2D eigenvalue weighted by Gasteiger charge is -2.40. The Morgan fingerprint density at radius 2 is 1.77 bits per heavy atom. The molecule has 256 valence electrons. The van der Waals surface area contributed by atoms with Crippen LogP contribution in [0.3, 0.4) is 0 Å². The predicted molar refractivity (Wildman–Crippen MR) is 196 cm³/mol. The lowest BCUT2D eigenvalue weighted by atomic mass is 10.00. The molecule has 4 aromatic rings. The molecule has 0 bridgehead atoms. The van der Waals surface area contributed by atoms with E-state index in [9.17, 15) is 8.42 Å². The lowest BCUT2D eigenvalue weighted by Crippen LogP contribution is -2.46. The Hall–Kier alpha value is -3.79. The van der Waals surface area contributed by atoms with Crippen molar-refractivity contribution in [3.8, 4) is 5.75 Å². The van der Waals surface area contributed by atoms with Gasteiger partial charge in [0.05, 0.1) is 40.4 Å². The zero-order valence-corrected chi connectivity index (χ0v) is 30.2. The Labute approximate surface area is 290 Å². The highest BCUT2D eigenvalue weighted by atomic mass is 79.9. The summed E-state index contributed by atoms with van der Waals surface area (Å²) in [7, 11) is 0.282. The van der Waals surface area contributed by atoms with E-state index in [4.69, 9.17) is 9.72 Å². The van der Waals surface area contributed by atoms with E-state index in [1.807, 2.05) is 0 Å². The van der Waals surface area contributed by atoms with Gasteiger partial charge in [0.1, 0.15) is 17.1 Å². The molecule has 2 aromatic carbocycles. The van der Waals surface area contributed by atoms with Crippen molar-refractivity contribution in [3.05, 3.63) is 52.9 Å². The second-order valence-corrected chi connectivity index (χ2v) is 15.0. The minimum Gasteiger partial charge on any atom is -0.494 e. The van der Waals surface area contributed by atoms with Crippen molar-refractivity contribution >= 4 is 71.5 Å². The van der Waals surface area contributed by atoms with E-state index in [2.05, 4.69) is 87.0 Å². The van der Waals surface area contributed by atoms with Crippen molar-refractivity contribution in [2.75, 3.05) is 79.9 Å². The molecule has 0 amide bonds. The number of rotatable bonds is 10. The van der Waals surface area contributed by atoms with Crippen LogP contribution in [0, 0.1) is 0 Å². The summed E-state index contributed by atoms with van der Waals surface area (Å²) in [5.74, 6) is 1.47. The van der Waals surface area contributed by atoms with Gasteiger partial charge >= 0.3 is 0 Å². The number of methoxy groups -OCH3 is 1. The number of aryl methyl sites for hydroxylation is 1. The first kappa shape index (κ1) is 34.1. The fourth-order valence-corrected chi connectivity index (χ4v) is 7.42. The number of piperidine rings is 1. The predicted octanol–water partition coefficient (Wildman–Crippen LogP) is 5.22. The van der Waals surface area contributed by atoms with Crippen molar-refractivity contribution in [3.63, 3.8) is 0 Å². The molecule has 2 aromatic heterocycles. The van der Waals surface area contributed by atoms with Gasteiger partial charge in [-0.15, -0.1) is 0 Å². The Morgan fingerprint density at radius 3 is 2.52 bits per heavy atom. The van der Waals surface area contributed by atoms with E-state index in [0.717, 1.165) is 57.4 Å².